The van der Waals surface area contributed by atoms with Crippen molar-refractivity contribution in [2.45, 2.75) is 13.3 Å². The summed E-state index contributed by atoms with van der Waals surface area (Å²) in [7, 11) is 0. The van der Waals surface area contributed by atoms with Crippen LogP contribution in [0, 0.1) is 5.92 Å². The highest BCUT2D eigenvalue weighted by atomic mass is 35.5. The van der Waals surface area contributed by atoms with Crippen molar-refractivity contribution in [3.63, 3.8) is 0 Å². The number of nitrogens with zero attached hydrogens (tertiary/aromatic N) is 1. The molecule has 6 nitrogen and oxygen atoms in total. The Kier molecular flexibility index (Phi) is 5.76. The van der Waals surface area contributed by atoms with Gasteiger partial charge < -0.3 is 15.5 Å². The van der Waals surface area contributed by atoms with Crippen molar-refractivity contribution in [1.29, 1.82) is 0 Å². The molecule has 1 heterocycles. The summed E-state index contributed by atoms with van der Waals surface area (Å²) in [6.07, 6.45) is 0.434. The number of hydrogen-bond donors (Lipinski definition) is 2. The standard InChI is InChI=1S/C20H20ClN3O3/c1-2-22-18(25)13-4-3-5-15(12-13)23-19(26)17-10-11-24(20(17)27)16-8-6-14(21)7-9-16/h3-9,12,17H,2,10-11H2,1H3,(H,22,25)(H,23,26). The first-order valence-corrected chi connectivity index (χ1v) is 9.13. The van der Waals surface area contributed by atoms with E-state index in [4.69, 9.17) is 11.6 Å². The zero-order chi connectivity index (χ0) is 19.4. The molecule has 0 radical (unpaired) electrons. The minimum atomic E-state index is -0.756. The van der Waals surface area contributed by atoms with Crippen LogP contribution in [0.25, 0.3) is 0 Å². The molecule has 0 saturated carbocycles. The Bertz CT molecular complexity index is 867. The predicted molar refractivity (Wildman–Crippen MR) is 105 cm³/mol. The third-order valence-electron chi connectivity index (χ3n) is 4.39. The molecule has 3 amide bonds. The van der Waals surface area contributed by atoms with E-state index >= 15 is 0 Å². The minimum Gasteiger partial charge on any atom is -0.352 e. The van der Waals surface area contributed by atoms with E-state index < -0.39 is 5.92 Å². The first-order chi connectivity index (χ1) is 13.0. The molecule has 1 unspecified atom stereocenters. The first-order valence-electron chi connectivity index (χ1n) is 8.75. The van der Waals surface area contributed by atoms with E-state index in [9.17, 15) is 14.4 Å². The van der Waals surface area contributed by atoms with Gasteiger partial charge in [-0.15, -0.1) is 0 Å². The van der Waals surface area contributed by atoms with Crippen LogP contribution in [0.5, 0.6) is 0 Å². The fraction of sp³-hybridized carbons (Fsp3) is 0.250. The molecule has 2 N–H and O–H groups in total. The normalized spacial score (nSPS) is 16.3. The van der Waals surface area contributed by atoms with Gasteiger partial charge in [0.2, 0.25) is 11.8 Å². The van der Waals surface area contributed by atoms with Crippen LogP contribution >= 0.6 is 11.6 Å². The third-order valence-corrected chi connectivity index (χ3v) is 4.64. The van der Waals surface area contributed by atoms with Crippen molar-refractivity contribution in [3.05, 3.63) is 59.1 Å². The van der Waals surface area contributed by atoms with Crippen molar-refractivity contribution in [1.82, 2.24) is 5.32 Å². The molecule has 140 valence electrons. The van der Waals surface area contributed by atoms with Gasteiger partial charge in [0, 0.05) is 35.1 Å². The maximum absolute atomic E-state index is 12.7. The predicted octanol–water partition coefficient (Wildman–Crippen LogP) is 3.08. The first kappa shape index (κ1) is 18.9. The van der Waals surface area contributed by atoms with E-state index in [-0.39, 0.29) is 17.7 Å². The summed E-state index contributed by atoms with van der Waals surface area (Å²) in [6, 6.07) is 13.6. The SMILES string of the molecule is CCNC(=O)c1cccc(NC(=O)C2CCN(c3ccc(Cl)cc3)C2=O)c1. The number of hydrogen-bond acceptors (Lipinski definition) is 3. The third kappa shape index (κ3) is 4.28. The largest absolute Gasteiger partial charge is 0.352 e. The maximum atomic E-state index is 12.7. The second-order valence-electron chi connectivity index (χ2n) is 6.24. The summed E-state index contributed by atoms with van der Waals surface area (Å²) in [5.74, 6) is -1.58. The number of nitrogens with one attached hydrogen (secondary N) is 2. The van der Waals surface area contributed by atoms with Gasteiger partial charge in [0.25, 0.3) is 5.91 Å². The van der Waals surface area contributed by atoms with E-state index in [1.807, 2.05) is 6.92 Å². The molecule has 2 aromatic rings. The van der Waals surface area contributed by atoms with Gasteiger partial charge >= 0.3 is 0 Å². The molecule has 0 aliphatic carbocycles. The molecule has 1 saturated heterocycles. The summed E-state index contributed by atoms with van der Waals surface area (Å²) in [6.45, 7) is 2.83. The van der Waals surface area contributed by atoms with Gasteiger partial charge in [0.15, 0.2) is 0 Å². The second-order valence-corrected chi connectivity index (χ2v) is 6.67. The van der Waals surface area contributed by atoms with E-state index in [2.05, 4.69) is 10.6 Å². The average Bonchev–Trinajstić information content (AvgIpc) is 3.04. The Morgan fingerprint density at radius 1 is 1.19 bits per heavy atom. The molecular weight excluding hydrogens is 366 g/mol. The Labute approximate surface area is 162 Å². The number of anilines is 2. The smallest absolute Gasteiger partial charge is 0.251 e. The molecule has 1 aliphatic rings. The molecule has 0 bridgehead atoms. The van der Waals surface area contributed by atoms with Crippen LogP contribution in [0.1, 0.15) is 23.7 Å². The van der Waals surface area contributed by atoms with Gasteiger partial charge in [0.1, 0.15) is 5.92 Å². The summed E-state index contributed by atoms with van der Waals surface area (Å²) in [5.41, 5.74) is 1.66. The van der Waals surface area contributed by atoms with Crippen LogP contribution in [-0.2, 0) is 9.59 Å². The van der Waals surface area contributed by atoms with E-state index in [1.54, 1.807) is 53.4 Å². The molecule has 0 spiro atoms. The summed E-state index contributed by atoms with van der Waals surface area (Å²) in [4.78, 5) is 38.7. The number of amides is 3. The van der Waals surface area contributed by atoms with Crippen LogP contribution < -0.4 is 15.5 Å². The summed E-state index contributed by atoms with van der Waals surface area (Å²) < 4.78 is 0. The lowest BCUT2D eigenvalue weighted by Crippen LogP contribution is -2.33. The highest BCUT2D eigenvalue weighted by molar-refractivity contribution is 6.30. The molecule has 1 aliphatic heterocycles. The van der Waals surface area contributed by atoms with Crippen molar-refractivity contribution in [3.8, 4) is 0 Å². The van der Waals surface area contributed by atoms with Crippen LogP contribution in [0.4, 0.5) is 11.4 Å². The topological polar surface area (TPSA) is 78.5 Å². The Morgan fingerprint density at radius 3 is 2.63 bits per heavy atom. The van der Waals surface area contributed by atoms with Gasteiger partial charge in [-0.05, 0) is 55.8 Å². The second kappa shape index (κ2) is 8.22. The number of carbonyl (C=O) groups is 3. The fourth-order valence-electron chi connectivity index (χ4n) is 3.03. The summed E-state index contributed by atoms with van der Waals surface area (Å²) >= 11 is 5.88. The lowest BCUT2D eigenvalue weighted by atomic mass is 10.1. The Hall–Kier alpha value is -2.86. The Morgan fingerprint density at radius 2 is 1.93 bits per heavy atom. The molecule has 1 fully saturated rings. The van der Waals surface area contributed by atoms with Gasteiger partial charge in [-0.3, -0.25) is 14.4 Å². The van der Waals surface area contributed by atoms with Crippen molar-refractivity contribution in [2.24, 2.45) is 5.92 Å². The molecule has 2 aromatic carbocycles. The van der Waals surface area contributed by atoms with E-state index in [0.29, 0.717) is 35.8 Å². The van der Waals surface area contributed by atoms with Crippen molar-refractivity contribution in [2.75, 3.05) is 23.3 Å². The lowest BCUT2D eigenvalue weighted by molar-refractivity contribution is -0.129. The minimum absolute atomic E-state index is 0.209. The summed E-state index contributed by atoms with van der Waals surface area (Å²) in [5, 5.41) is 6.05. The molecule has 7 heteroatoms. The van der Waals surface area contributed by atoms with Gasteiger partial charge in [-0.2, -0.15) is 0 Å². The highest BCUT2D eigenvalue weighted by Crippen LogP contribution is 2.27. The molecule has 27 heavy (non-hydrogen) atoms. The number of carbonyl (C=O) groups excluding carboxylic acids is 3. The van der Waals surface area contributed by atoms with Crippen LogP contribution in [-0.4, -0.2) is 30.8 Å². The zero-order valence-corrected chi connectivity index (χ0v) is 15.6. The fourth-order valence-corrected chi connectivity index (χ4v) is 3.16. The van der Waals surface area contributed by atoms with Crippen LogP contribution in [0.15, 0.2) is 48.5 Å². The van der Waals surface area contributed by atoms with Gasteiger partial charge in [-0.25, -0.2) is 0 Å². The van der Waals surface area contributed by atoms with Crippen LogP contribution in [0.2, 0.25) is 5.02 Å². The number of rotatable bonds is 5. The highest BCUT2D eigenvalue weighted by Gasteiger charge is 2.37. The number of benzene rings is 2. The lowest BCUT2D eigenvalue weighted by Gasteiger charge is -2.17. The molecular formula is C20H20ClN3O3. The number of halogens is 1. The maximum Gasteiger partial charge on any atom is 0.251 e. The van der Waals surface area contributed by atoms with Gasteiger partial charge in [0.05, 0.1) is 0 Å². The Balaban J connectivity index is 1.68. The average molecular weight is 386 g/mol. The monoisotopic (exact) mass is 385 g/mol. The zero-order valence-electron chi connectivity index (χ0n) is 14.9. The van der Waals surface area contributed by atoms with Gasteiger partial charge in [-0.1, -0.05) is 17.7 Å². The van der Waals surface area contributed by atoms with Crippen molar-refractivity contribution < 1.29 is 14.4 Å². The van der Waals surface area contributed by atoms with E-state index in [1.165, 1.54) is 0 Å². The molecule has 0 aromatic heterocycles. The van der Waals surface area contributed by atoms with E-state index in [0.717, 1.165) is 5.69 Å². The molecule has 3 rings (SSSR count). The van der Waals surface area contributed by atoms with Crippen LogP contribution in [0.3, 0.4) is 0 Å². The quantitative estimate of drug-likeness (QED) is 0.776. The van der Waals surface area contributed by atoms with Crippen molar-refractivity contribution >= 4 is 40.7 Å². The molecule has 1 atom stereocenters.